The number of nitrogens with zero attached hydrogens (tertiary/aromatic N) is 7. The first kappa shape index (κ1) is 24.6. The maximum absolute atomic E-state index is 10.9. The van der Waals surface area contributed by atoms with Crippen LogP contribution in [0.4, 0.5) is 29.2 Å². The zero-order valence-corrected chi connectivity index (χ0v) is 19.8. The minimum Gasteiger partial charge on any atom is -0.354 e. The molecule has 0 saturated carbocycles. The Morgan fingerprint density at radius 1 is 1.03 bits per heavy atom. The van der Waals surface area contributed by atoms with E-state index in [-0.39, 0.29) is 5.69 Å². The number of nitro groups is 1. The van der Waals surface area contributed by atoms with Gasteiger partial charge in [-0.25, -0.2) is 0 Å². The van der Waals surface area contributed by atoms with Gasteiger partial charge in [-0.3, -0.25) is 15.0 Å². The van der Waals surface area contributed by atoms with Gasteiger partial charge < -0.3 is 20.4 Å². The van der Waals surface area contributed by atoms with Gasteiger partial charge in [-0.1, -0.05) is 19.8 Å². The van der Waals surface area contributed by atoms with Gasteiger partial charge in [0.1, 0.15) is 0 Å². The molecule has 0 aliphatic carbocycles. The molecule has 11 nitrogen and oxygen atoms in total. The fourth-order valence-electron chi connectivity index (χ4n) is 3.52. The summed E-state index contributed by atoms with van der Waals surface area (Å²) in [5.41, 5.74) is 0.727. The predicted molar refractivity (Wildman–Crippen MR) is 131 cm³/mol. The highest BCUT2D eigenvalue weighted by Crippen LogP contribution is 2.21. The molecule has 0 unspecified atom stereocenters. The lowest BCUT2D eigenvalue weighted by Gasteiger charge is -2.35. The highest BCUT2D eigenvalue weighted by atomic mass is 16.6. The molecular formula is C22H35N9O2. The number of nitrogens with one attached hydrogen (secondary N) is 2. The molecule has 0 amide bonds. The molecule has 11 heteroatoms. The molecule has 3 rings (SSSR count). The van der Waals surface area contributed by atoms with Gasteiger partial charge in [-0.15, -0.1) is 0 Å². The van der Waals surface area contributed by atoms with Crippen molar-refractivity contribution in [3.63, 3.8) is 0 Å². The minimum absolute atomic E-state index is 0.0438. The summed E-state index contributed by atoms with van der Waals surface area (Å²) in [7, 11) is 4.19. The van der Waals surface area contributed by atoms with Gasteiger partial charge in [0.2, 0.25) is 17.8 Å². The molecule has 1 aromatic carbocycles. The Morgan fingerprint density at radius 3 is 2.36 bits per heavy atom. The number of nitro benzene ring substituents is 1. The summed E-state index contributed by atoms with van der Waals surface area (Å²) >= 11 is 0. The van der Waals surface area contributed by atoms with Crippen molar-refractivity contribution in [3.05, 3.63) is 34.4 Å². The monoisotopic (exact) mass is 457 g/mol. The van der Waals surface area contributed by atoms with Crippen LogP contribution in [0.25, 0.3) is 0 Å². The minimum atomic E-state index is -0.415. The maximum atomic E-state index is 10.9. The third kappa shape index (κ3) is 7.79. The predicted octanol–water partition coefficient (Wildman–Crippen LogP) is 2.81. The zero-order chi connectivity index (χ0) is 23.6. The number of rotatable bonds is 12. The van der Waals surface area contributed by atoms with Gasteiger partial charge in [0.05, 0.1) is 4.92 Å². The third-order valence-electron chi connectivity index (χ3n) is 5.54. The molecule has 1 aliphatic heterocycles. The van der Waals surface area contributed by atoms with Crippen LogP contribution >= 0.6 is 0 Å². The maximum Gasteiger partial charge on any atom is 0.269 e. The van der Waals surface area contributed by atoms with Gasteiger partial charge in [0.25, 0.3) is 5.69 Å². The van der Waals surface area contributed by atoms with E-state index >= 15 is 0 Å². The largest absolute Gasteiger partial charge is 0.354 e. The van der Waals surface area contributed by atoms with E-state index in [1.807, 2.05) is 0 Å². The molecule has 33 heavy (non-hydrogen) atoms. The highest BCUT2D eigenvalue weighted by molar-refractivity contribution is 5.57. The molecule has 1 aromatic heterocycles. The molecule has 2 N–H and O–H groups in total. The lowest BCUT2D eigenvalue weighted by molar-refractivity contribution is -0.384. The summed E-state index contributed by atoms with van der Waals surface area (Å²) in [6.07, 6.45) is 3.34. The standard InChI is InChI=1S/C22H35N9O2/c1-4-5-6-11-23-20-25-21(24-18-7-9-19(10-8-18)31(32)33)27-22(26-20)30-16-14-29(15-17-30)13-12-28(2)3/h7-10H,4-6,11-17H2,1-3H3,(H2,23,24,25,26,27). The summed E-state index contributed by atoms with van der Waals surface area (Å²) in [4.78, 5) is 31.2. The normalized spacial score (nSPS) is 14.5. The van der Waals surface area contributed by atoms with Gasteiger partial charge >= 0.3 is 0 Å². The smallest absolute Gasteiger partial charge is 0.269 e. The first-order chi connectivity index (χ1) is 15.9. The van der Waals surface area contributed by atoms with Crippen LogP contribution in [0.5, 0.6) is 0 Å². The summed E-state index contributed by atoms with van der Waals surface area (Å²) in [5, 5.41) is 17.4. The van der Waals surface area contributed by atoms with Gasteiger partial charge in [0, 0.05) is 63.6 Å². The number of unbranched alkanes of at least 4 members (excludes halogenated alkanes) is 2. The number of anilines is 4. The first-order valence-electron chi connectivity index (χ1n) is 11.6. The number of aromatic nitrogens is 3. The van der Waals surface area contributed by atoms with Crippen LogP contribution in [0.15, 0.2) is 24.3 Å². The van der Waals surface area contributed by atoms with Gasteiger partial charge in [-0.2, -0.15) is 15.0 Å². The Balaban J connectivity index is 1.71. The second kappa shape index (κ2) is 12.3. The Labute approximate surface area is 195 Å². The van der Waals surface area contributed by atoms with Crippen LogP contribution < -0.4 is 15.5 Å². The average molecular weight is 458 g/mol. The van der Waals surface area contributed by atoms with Crippen LogP contribution in [0, 0.1) is 10.1 Å². The number of hydrogen-bond acceptors (Lipinski definition) is 10. The van der Waals surface area contributed by atoms with E-state index in [0.717, 1.165) is 65.1 Å². The SMILES string of the molecule is CCCCCNc1nc(Nc2ccc([N+](=O)[O-])cc2)nc(N2CCN(CCN(C)C)CC2)n1. The van der Waals surface area contributed by atoms with E-state index < -0.39 is 4.92 Å². The summed E-state index contributed by atoms with van der Waals surface area (Å²) < 4.78 is 0. The van der Waals surface area contributed by atoms with Crippen molar-refractivity contribution in [2.45, 2.75) is 26.2 Å². The van der Waals surface area contributed by atoms with E-state index in [1.165, 1.54) is 12.1 Å². The Bertz CT molecular complexity index is 884. The van der Waals surface area contributed by atoms with Crippen molar-refractivity contribution >= 4 is 29.2 Å². The van der Waals surface area contributed by atoms with Crippen LogP contribution in [0.2, 0.25) is 0 Å². The second-order valence-electron chi connectivity index (χ2n) is 8.48. The molecule has 180 valence electrons. The first-order valence-corrected chi connectivity index (χ1v) is 11.6. The zero-order valence-electron chi connectivity index (χ0n) is 19.8. The Hall–Kier alpha value is -3.05. The van der Waals surface area contributed by atoms with Gasteiger partial charge in [-0.05, 0) is 32.6 Å². The second-order valence-corrected chi connectivity index (χ2v) is 8.48. The van der Waals surface area contributed by atoms with Gasteiger partial charge in [0.15, 0.2) is 0 Å². The third-order valence-corrected chi connectivity index (χ3v) is 5.54. The molecule has 1 fully saturated rings. The van der Waals surface area contributed by atoms with E-state index in [4.69, 9.17) is 0 Å². The molecule has 0 bridgehead atoms. The van der Waals surface area contributed by atoms with E-state index in [9.17, 15) is 10.1 Å². The summed E-state index contributed by atoms with van der Waals surface area (Å²) in [5.74, 6) is 1.59. The number of piperazine rings is 1. The van der Waals surface area contributed by atoms with Crippen molar-refractivity contribution in [3.8, 4) is 0 Å². The number of non-ortho nitro benzene ring substituents is 1. The van der Waals surface area contributed by atoms with Crippen LogP contribution in [0.3, 0.4) is 0 Å². The van der Waals surface area contributed by atoms with Crippen molar-refractivity contribution in [1.82, 2.24) is 24.8 Å². The number of benzene rings is 1. The molecule has 0 radical (unpaired) electrons. The molecule has 2 heterocycles. The fourth-order valence-corrected chi connectivity index (χ4v) is 3.52. The summed E-state index contributed by atoms with van der Waals surface area (Å²) in [6, 6.07) is 6.22. The lowest BCUT2D eigenvalue weighted by atomic mass is 10.2. The van der Waals surface area contributed by atoms with Crippen molar-refractivity contribution < 1.29 is 4.92 Å². The molecule has 1 saturated heterocycles. The number of likely N-dealkylation sites (N-methyl/N-ethyl adjacent to an activating group) is 1. The van der Waals surface area contributed by atoms with Crippen molar-refractivity contribution in [2.75, 3.05) is 75.4 Å². The molecule has 0 atom stereocenters. The van der Waals surface area contributed by atoms with Crippen molar-refractivity contribution in [1.29, 1.82) is 0 Å². The Kier molecular flexibility index (Phi) is 9.14. The van der Waals surface area contributed by atoms with E-state index in [1.54, 1.807) is 12.1 Å². The molecule has 0 spiro atoms. The fraction of sp³-hybridized carbons (Fsp3) is 0.591. The van der Waals surface area contributed by atoms with E-state index in [2.05, 4.69) is 61.3 Å². The Morgan fingerprint density at radius 2 is 1.73 bits per heavy atom. The summed E-state index contributed by atoms with van der Waals surface area (Å²) in [6.45, 7) is 8.69. The number of hydrogen-bond donors (Lipinski definition) is 2. The van der Waals surface area contributed by atoms with Crippen LogP contribution in [-0.2, 0) is 0 Å². The molecule has 1 aliphatic rings. The quantitative estimate of drug-likeness (QED) is 0.280. The van der Waals surface area contributed by atoms with Crippen molar-refractivity contribution in [2.24, 2.45) is 0 Å². The van der Waals surface area contributed by atoms with Crippen LogP contribution in [0.1, 0.15) is 26.2 Å². The average Bonchev–Trinajstić information content (AvgIpc) is 2.81. The highest BCUT2D eigenvalue weighted by Gasteiger charge is 2.20. The topological polar surface area (TPSA) is 116 Å². The molecular weight excluding hydrogens is 422 g/mol. The van der Waals surface area contributed by atoms with Crippen LogP contribution in [-0.4, -0.2) is 89.6 Å². The lowest BCUT2D eigenvalue weighted by Crippen LogP contribution is -2.48. The van der Waals surface area contributed by atoms with E-state index in [0.29, 0.717) is 23.5 Å². The molecule has 2 aromatic rings.